The van der Waals surface area contributed by atoms with Crippen LogP contribution < -0.4 is 5.32 Å². The van der Waals surface area contributed by atoms with E-state index in [9.17, 15) is 4.79 Å². The van der Waals surface area contributed by atoms with E-state index in [4.69, 9.17) is 0 Å². The standard InChI is InChI=1S/C24H40N6O/c1-20(23(31)29-12-8-9-13-29)28-14-16-30(17-15-28)24(25-2)26-19-22(27(3)4)18-21-10-6-5-7-11-21/h5-7,10-11,20,22H,8-9,12-19H2,1-4H3,(H,25,26). The van der Waals surface area contributed by atoms with Crippen LogP contribution in [0.15, 0.2) is 35.3 Å². The number of nitrogens with one attached hydrogen (secondary N) is 1. The van der Waals surface area contributed by atoms with Crippen molar-refractivity contribution in [2.45, 2.75) is 38.3 Å². The van der Waals surface area contributed by atoms with E-state index in [2.05, 4.69) is 76.4 Å². The zero-order valence-electron chi connectivity index (χ0n) is 19.8. The van der Waals surface area contributed by atoms with Gasteiger partial charge in [-0.1, -0.05) is 30.3 Å². The quantitative estimate of drug-likeness (QED) is 0.525. The van der Waals surface area contributed by atoms with E-state index in [1.807, 2.05) is 11.9 Å². The maximum atomic E-state index is 12.7. The van der Waals surface area contributed by atoms with Crippen LogP contribution in [0.1, 0.15) is 25.3 Å². The van der Waals surface area contributed by atoms with E-state index in [-0.39, 0.29) is 6.04 Å². The summed E-state index contributed by atoms with van der Waals surface area (Å²) in [7, 11) is 6.13. The molecular formula is C24H40N6O. The highest BCUT2D eigenvalue weighted by molar-refractivity contribution is 5.82. The number of guanidine groups is 1. The summed E-state index contributed by atoms with van der Waals surface area (Å²) in [4.78, 5) is 26.2. The highest BCUT2D eigenvalue weighted by Gasteiger charge is 2.30. The summed E-state index contributed by atoms with van der Waals surface area (Å²) < 4.78 is 0. The highest BCUT2D eigenvalue weighted by Crippen LogP contribution is 2.14. The molecule has 0 spiro atoms. The lowest BCUT2D eigenvalue weighted by atomic mass is 10.1. The molecule has 2 heterocycles. The molecule has 2 aliphatic heterocycles. The van der Waals surface area contributed by atoms with Crippen LogP contribution in [0, 0.1) is 0 Å². The molecule has 2 saturated heterocycles. The third kappa shape index (κ3) is 6.43. The molecule has 0 bridgehead atoms. The van der Waals surface area contributed by atoms with Gasteiger partial charge in [0.25, 0.3) is 0 Å². The molecule has 7 nitrogen and oxygen atoms in total. The largest absolute Gasteiger partial charge is 0.355 e. The number of piperazine rings is 1. The third-order valence-corrected chi connectivity index (χ3v) is 6.69. The van der Waals surface area contributed by atoms with Crippen LogP contribution in [-0.2, 0) is 11.2 Å². The molecule has 0 aliphatic carbocycles. The van der Waals surface area contributed by atoms with Gasteiger partial charge in [-0.15, -0.1) is 0 Å². The molecule has 2 unspecified atom stereocenters. The number of benzene rings is 1. The van der Waals surface area contributed by atoms with E-state index < -0.39 is 0 Å². The first kappa shape index (κ1) is 23.5. The predicted octanol–water partition coefficient (Wildman–Crippen LogP) is 1.36. The van der Waals surface area contributed by atoms with Gasteiger partial charge in [-0.3, -0.25) is 14.7 Å². The third-order valence-electron chi connectivity index (χ3n) is 6.69. The topological polar surface area (TPSA) is 54.4 Å². The highest BCUT2D eigenvalue weighted by atomic mass is 16.2. The molecule has 0 aromatic heterocycles. The van der Waals surface area contributed by atoms with Gasteiger partial charge in [-0.25, -0.2) is 0 Å². The summed E-state index contributed by atoms with van der Waals surface area (Å²) in [6.07, 6.45) is 3.29. The molecule has 0 saturated carbocycles. The number of rotatable bonds is 7. The second-order valence-electron chi connectivity index (χ2n) is 8.97. The minimum absolute atomic E-state index is 0.0285. The van der Waals surface area contributed by atoms with Gasteiger partial charge in [-0.2, -0.15) is 0 Å². The smallest absolute Gasteiger partial charge is 0.239 e. The van der Waals surface area contributed by atoms with Crippen molar-refractivity contribution in [2.24, 2.45) is 4.99 Å². The number of hydrogen-bond donors (Lipinski definition) is 1. The van der Waals surface area contributed by atoms with Gasteiger partial charge in [0, 0.05) is 58.9 Å². The number of aliphatic imine (C=N–C) groups is 1. The minimum Gasteiger partial charge on any atom is -0.355 e. The van der Waals surface area contributed by atoms with Crippen LogP contribution in [0.5, 0.6) is 0 Å². The van der Waals surface area contributed by atoms with Crippen molar-refractivity contribution >= 4 is 11.9 Å². The van der Waals surface area contributed by atoms with Gasteiger partial charge in [0.1, 0.15) is 0 Å². The summed E-state index contributed by atoms with van der Waals surface area (Å²) in [6, 6.07) is 11.0. The summed E-state index contributed by atoms with van der Waals surface area (Å²) >= 11 is 0. The second-order valence-corrected chi connectivity index (χ2v) is 8.97. The molecule has 2 atom stereocenters. The molecule has 2 fully saturated rings. The first-order valence-corrected chi connectivity index (χ1v) is 11.7. The second kappa shape index (κ2) is 11.5. The van der Waals surface area contributed by atoms with Crippen LogP contribution in [0.4, 0.5) is 0 Å². The fourth-order valence-corrected chi connectivity index (χ4v) is 4.54. The number of nitrogens with zero attached hydrogens (tertiary/aromatic N) is 5. The Balaban J connectivity index is 1.48. The Kier molecular flexibility index (Phi) is 8.72. The van der Waals surface area contributed by atoms with Gasteiger partial charge in [-0.05, 0) is 45.8 Å². The van der Waals surface area contributed by atoms with Gasteiger partial charge in [0.05, 0.1) is 6.04 Å². The number of amides is 1. The summed E-state index contributed by atoms with van der Waals surface area (Å²) in [5.74, 6) is 1.25. The molecule has 1 amide bonds. The average Bonchev–Trinajstić information content (AvgIpc) is 3.33. The predicted molar refractivity (Wildman–Crippen MR) is 127 cm³/mol. The zero-order valence-corrected chi connectivity index (χ0v) is 19.8. The monoisotopic (exact) mass is 428 g/mol. The van der Waals surface area contributed by atoms with Crippen molar-refractivity contribution in [3.8, 4) is 0 Å². The van der Waals surface area contributed by atoms with Crippen molar-refractivity contribution in [3.63, 3.8) is 0 Å². The Bertz CT molecular complexity index is 708. The lowest BCUT2D eigenvalue weighted by Crippen LogP contribution is -2.57. The Morgan fingerprint density at radius 2 is 1.68 bits per heavy atom. The number of likely N-dealkylation sites (N-methyl/N-ethyl adjacent to an activating group) is 1. The van der Waals surface area contributed by atoms with Crippen molar-refractivity contribution < 1.29 is 4.79 Å². The number of likely N-dealkylation sites (tertiary alicyclic amines) is 1. The van der Waals surface area contributed by atoms with Gasteiger partial charge in [0.2, 0.25) is 5.91 Å². The molecule has 1 N–H and O–H groups in total. The van der Waals surface area contributed by atoms with Crippen LogP contribution >= 0.6 is 0 Å². The molecule has 7 heteroatoms. The fraction of sp³-hybridized carbons (Fsp3) is 0.667. The fourth-order valence-electron chi connectivity index (χ4n) is 4.54. The molecule has 1 aromatic carbocycles. The van der Waals surface area contributed by atoms with Crippen molar-refractivity contribution in [1.29, 1.82) is 0 Å². The first-order chi connectivity index (χ1) is 15.0. The SMILES string of the molecule is CN=C(NCC(Cc1ccccc1)N(C)C)N1CCN(C(C)C(=O)N2CCCC2)CC1. The van der Waals surface area contributed by atoms with E-state index in [1.165, 1.54) is 5.56 Å². The lowest BCUT2D eigenvalue weighted by molar-refractivity contribution is -0.135. The lowest BCUT2D eigenvalue weighted by Gasteiger charge is -2.40. The summed E-state index contributed by atoms with van der Waals surface area (Å²) in [5.41, 5.74) is 1.35. The van der Waals surface area contributed by atoms with Crippen molar-refractivity contribution in [1.82, 2.24) is 24.9 Å². The summed E-state index contributed by atoms with van der Waals surface area (Å²) in [5, 5.41) is 3.59. The number of hydrogen-bond acceptors (Lipinski definition) is 4. The van der Waals surface area contributed by atoms with E-state index in [1.54, 1.807) is 0 Å². The summed E-state index contributed by atoms with van der Waals surface area (Å²) in [6.45, 7) is 8.33. The van der Waals surface area contributed by atoms with Crippen LogP contribution in [0.3, 0.4) is 0 Å². The van der Waals surface area contributed by atoms with Gasteiger partial charge in [0.15, 0.2) is 5.96 Å². The van der Waals surface area contributed by atoms with E-state index in [0.717, 1.165) is 71.0 Å². The Labute approximate surface area is 188 Å². The van der Waals surface area contributed by atoms with E-state index >= 15 is 0 Å². The van der Waals surface area contributed by atoms with E-state index in [0.29, 0.717) is 11.9 Å². The van der Waals surface area contributed by atoms with Crippen molar-refractivity contribution in [2.75, 3.05) is 67.0 Å². The van der Waals surface area contributed by atoms with Crippen LogP contribution in [0.25, 0.3) is 0 Å². The minimum atomic E-state index is -0.0285. The molecule has 31 heavy (non-hydrogen) atoms. The molecule has 1 aromatic rings. The Morgan fingerprint density at radius 3 is 2.26 bits per heavy atom. The molecular weight excluding hydrogens is 388 g/mol. The normalized spacial score (nSPS) is 20.2. The van der Waals surface area contributed by atoms with Gasteiger partial charge < -0.3 is 20.0 Å². The number of carbonyl (C=O) groups is 1. The number of carbonyl (C=O) groups excluding carboxylic acids is 1. The molecule has 3 rings (SSSR count). The van der Waals surface area contributed by atoms with Crippen molar-refractivity contribution in [3.05, 3.63) is 35.9 Å². The molecule has 172 valence electrons. The first-order valence-electron chi connectivity index (χ1n) is 11.7. The Morgan fingerprint density at radius 1 is 1.03 bits per heavy atom. The molecule has 2 aliphatic rings. The maximum Gasteiger partial charge on any atom is 0.239 e. The Hall–Kier alpha value is -2.12. The zero-order chi connectivity index (χ0) is 22.2. The maximum absolute atomic E-state index is 12.7. The average molecular weight is 429 g/mol. The van der Waals surface area contributed by atoms with Crippen LogP contribution in [0.2, 0.25) is 0 Å². The van der Waals surface area contributed by atoms with Gasteiger partial charge >= 0.3 is 0 Å². The van der Waals surface area contributed by atoms with Crippen LogP contribution in [-0.4, -0.2) is 111 Å². The molecule has 0 radical (unpaired) electrons.